The van der Waals surface area contributed by atoms with E-state index in [1.165, 1.54) is 42.1 Å². The molecular weight excluding hydrogens is 378 g/mol. The van der Waals surface area contributed by atoms with Gasteiger partial charge < -0.3 is 9.84 Å². The molecule has 0 amide bonds. The van der Waals surface area contributed by atoms with E-state index in [4.69, 9.17) is 5.11 Å². The van der Waals surface area contributed by atoms with Crippen LogP contribution in [0.4, 0.5) is 16.2 Å². The smallest absolute Gasteiger partial charge is 0.450 e. The first kappa shape index (κ1) is 20.1. The van der Waals surface area contributed by atoms with Crippen LogP contribution in [-0.2, 0) is 4.74 Å². The lowest BCUT2D eigenvalue weighted by Gasteiger charge is -2.18. The van der Waals surface area contributed by atoms with E-state index >= 15 is 0 Å². The van der Waals surface area contributed by atoms with Gasteiger partial charge in [-0.2, -0.15) is 0 Å². The van der Waals surface area contributed by atoms with Crippen LogP contribution in [0.5, 0.6) is 0 Å². The van der Waals surface area contributed by atoms with E-state index in [1.807, 2.05) is 0 Å². The number of benzene rings is 2. The van der Waals surface area contributed by atoms with Crippen LogP contribution < -0.4 is 5.32 Å². The maximum atomic E-state index is 11.0. The standard InChI is InChI=1S/C16H15N3O7S/c20-16(21)26-9-13(11-5-7-12(8-6-11)18(22)23)17-10-27-15-4-2-1-3-14(15)19(24)25/h1-8,13,17H,9-10H2,(H,20,21). The molecule has 142 valence electrons. The van der Waals surface area contributed by atoms with Crippen LogP contribution in [0, 0.1) is 20.2 Å². The number of nitro benzene ring substituents is 2. The fraction of sp³-hybridized carbons (Fsp3) is 0.188. The van der Waals surface area contributed by atoms with Gasteiger partial charge in [0.25, 0.3) is 11.4 Å². The fourth-order valence-corrected chi connectivity index (χ4v) is 3.11. The molecular formula is C16H15N3O7S. The molecule has 0 bridgehead atoms. The number of hydrogen-bond acceptors (Lipinski definition) is 8. The molecule has 0 saturated carbocycles. The van der Waals surface area contributed by atoms with Crippen molar-refractivity contribution in [3.8, 4) is 0 Å². The Balaban J connectivity index is 2.07. The number of non-ortho nitro benzene ring substituents is 1. The molecule has 0 aliphatic carbocycles. The number of para-hydroxylation sites is 1. The first-order chi connectivity index (χ1) is 12.9. The predicted octanol–water partition coefficient (Wildman–Crippen LogP) is 3.58. The van der Waals surface area contributed by atoms with E-state index in [2.05, 4.69) is 10.1 Å². The molecule has 0 aliphatic rings. The molecule has 27 heavy (non-hydrogen) atoms. The van der Waals surface area contributed by atoms with Crippen LogP contribution in [0.1, 0.15) is 11.6 Å². The van der Waals surface area contributed by atoms with Crippen molar-refractivity contribution >= 4 is 29.3 Å². The zero-order valence-electron chi connectivity index (χ0n) is 13.8. The Kier molecular flexibility index (Phi) is 7.08. The van der Waals surface area contributed by atoms with Crippen molar-refractivity contribution in [3.05, 3.63) is 74.3 Å². The third-order valence-electron chi connectivity index (χ3n) is 3.50. The summed E-state index contributed by atoms with van der Waals surface area (Å²) in [6, 6.07) is 11.3. The summed E-state index contributed by atoms with van der Waals surface area (Å²) >= 11 is 1.18. The van der Waals surface area contributed by atoms with Gasteiger partial charge in [-0.25, -0.2) is 4.79 Å². The van der Waals surface area contributed by atoms with Gasteiger partial charge in [-0.1, -0.05) is 24.3 Å². The van der Waals surface area contributed by atoms with E-state index in [1.54, 1.807) is 18.2 Å². The molecule has 2 rings (SSSR count). The molecule has 2 N–H and O–H groups in total. The number of carbonyl (C=O) groups is 1. The summed E-state index contributed by atoms with van der Waals surface area (Å²) < 4.78 is 4.60. The number of nitro groups is 2. The van der Waals surface area contributed by atoms with Gasteiger partial charge in [-0.05, 0) is 11.6 Å². The largest absolute Gasteiger partial charge is 0.505 e. The molecule has 0 radical (unpaired) electrons. The van der Waals surface area contributed by atoms with Gasteiger partial charge in [-0.3, -0.25) is 25.5 Å². The summed E-state index contributed by atoms with van der Waals surface area (Å²) in [7, 11) is 0. The number of nitrogens with zero attached hydrogens (tertiary/aromatic N) is 2. The molecule has 10 nitrogen and oxygen atoms in total. The Labute approximate surface area is 157 Å². The highest BCUT2D eigenvalue weighted by Gasteiger charge is 2.17. The third kappa shape index (κ3) is 5.94. The van der Waals surface area contributed by atoms with Crippen LogP contribution in [0.2, 0.25) is 0 Å². The average Bonchev–Trinajstić information content (AvgIpc) is 2.64. The van der Waals surface area contributed by atoms with Crippen molar-refractivity contribution < 1.29 is 24.5 Å². The van der Waals surface area contributed by atoms with Gasteiger partial charge in [0.05, 0.1) is 20.8 Å². The monoisotopic (exact) mass is 393 g/mol. The highest BCUT2D eigenvalue weighted by molar-refractivity contribution is 7.99. The normalized spacial score (nSPS) is 11.6. The molecule has 0 aromatic heterocycles. The molecule has 2 aromatic rings. The molecule has 0 aliphatic heterocycles. The molecule has 0 spiro atoms. The zero-order valence-corrected chi connectivity index (χ0v) is 14.6. The summed E-state index contributed by atoms with van der Waals surface area (Å²) in [5.41, 5.74) is 0.467. The van der Waals surface area contributed by atoms with Crippen LogP contribution >= 0.6 is 11.8 Å². The van der Waals surface area contributed by atoms with E-state index < -0.39 is 22.0 Å². The number of hydrogen-bond donors (Lipinski definition) is 2. The molecule has 1 atom stereocenters. The van der Waals surface area contributed by atoms with Gasteiger partial charge in [0.2, 0.25) is 0 Å². The van der Waals surface area contributed by atoms with Crippen molar-refractivity contribution in [1.82, 2.24) is 5.32 Å². The van der Waals surface area contributed by atoms with Crippen molar-refractivity contribution in [3.63, 3.8) is 0 Å². The van der Waals surface area contributed by atoms with Gasteiger partial charge in [0.15, 0.2) is 0 Å². The van der Waals surface area contributed by atoms with Crippen molar-refractivity contribution in [2.45, 2.75) is 10.9 Å². The fourth-order valence-electron chi connectivity index (χ4n) is 2.21. The van der Waals surface area contributed by atoms with Gasteiger partial charge in [-0.15, -0.1) is 11.8 Å². The summed E-state index contributed by atoms with van der Waals surface area (Å²) in [6.07, 6.45) is -1.45. The summed E-state index contributed by atoms with van der Waals surface area (Å²) in [6.45, 7) is -0.218. The van der Waals surface area contributed by atoms with Crippen LogP contribution in [0.3, 0.4) is 0 Å². The Morgan fingerprint density at radius 3 is 2.37 bits per heavy atom. The molecule has 1 unspecified atom stereocenters. The van der Waals surface area contributed by atoms with E-state index in [0.29, 0.717) is 10.5 Å². The number of thioether (sulfide) groups is 1. The van der Waals surface area contributed by atoms with Gasteiger partial charge in [0, 0.05) is 24.1 Å². The number of nitrogens with one attached hydrogen (secondary N) is 1. The minimum absolute atomic E-state index is 0.0297. The SMILES string of the molecule is O=C(O)OCC(NCSc1ccccc1[N+](=O)[O-])c1ccc([N+](=O)[O-])cc1. The first-order valence-electron chi connectivity index (χ1n) is 7.58. The third-order valence-corrected chi connectivity index (χ3v) is 4.47. The highest BCUT2D eigenvalue weighted by atomic mass is 32.2. The maximum Gasteiger partial charge on any atom is 0.505 e. The Bertz CT molecular complexity index is 829. The predicted molar refractivity (Wildman–Crippen MR) is 96.8 cm³/mol. The lowest BCUT2D eigenvalue weighted by Crippen LogP contribution is -2.26. The lowest BCUT2D eigenvalue weighted by atomic mass is 10.1. The second kappa shape index (κ2) is 9.50. The minimum Gasteiger partial charge on any atom is -0.450 e. The Morgan fingerprint density at radius 2 is 1.78 bits per heavy atom. The van der Waals surface area contributed by atoms with Crippen LogP contribution in [-0.4, -0.2) is 33.6 Å². The zero-order chi connectivity index (χ0) is 19.8. The molecule has 11 heteroatoms. The van der Waals surface area contributed by atoms with Crippen molar-refractivity contribution in [1.29, 1.82) is 0 Å². The molecule has 2 aromatic carbocycles. The van der Waals surface area contributed by atoms with Crippen LogP contribution in [0.15, 0.2) is 53.4 Å². The van der Waals surface area contributed by atoms with Crippen LogP contribution in [0.25, 0.3) is 0 Å². The maximum absolute atomic E-state index is 11.0. The van der Waals surface area contributed by atoms with E-state index in [-0.39, 0.29) is 23.9 Å². The highest BCUT2D eigenvalue weighted by Crippen LogP contribution is 2.28. The number of rotatable bonds is 9. The van der Waals surface area contributed by atoms with E-state index in [9.17, 15) is 25.0 Å². The Hall–Kier alpha value is -3.18. The van der Waals surface area contributed by atoms with Gasteiger partial charge in [0.1, 0.15) is 6.61 Å². The van der Waals surface area contributed by atoms with E-state index in [0.717, 1.165) is 0 Å². The topological polar surface area (TPSA) is 145 Å². The number of ether oxygens (including phenoxy) is 1. The average molecular weight is 393 g/mol. The molecule has 0 saturated heterocycles. The molecule has 0 heterocycles. The number of carboxylic acid groups (broad SMARTS) is 1. The van der Waals surface area contributed by atoms with Gasteiger partial charge >= 0.3 is 6.16 Å². The first-order valence-corrected chi connectivity index (χ1v) is 8.56. The molecule has 0 fully saturated rings. The summed E-state index contributed by atoms with van der Waals surface area (Å²) in [4.78, 5) is 31.9. The minimum atomic E-state index is -1.45. The Morgan fingerprint density at radius 1 is 1.11 bits per heavy atom. The summed E-state index contributed by atoms with van der Waals surface area (Å²) in [5.74, 6) is 0.232. The van der Waals surface area contributed by atoms with Crippen molar-refractivity contribution in [2.75, 3.05) is 12.5 Å². The quantitative estimate of drug-likeness (QED) is 0.215. The second-order valence-corrected chi connectivity index (χ2v) is 6.21. The second-order valence-electron chi connectivity index (χ2n) is 5.20. The van der Waals surface area contributed by atoms with Crippen molar-refractivity contribution in [2.24, 2.45) is 0 Å². The lowest BCUT2D eigenvalue weighted by molar-refractivity contribution is -0.387. The summed E-state index contributed by atoms with van der Waals surface area (Å²) in [5, 5.41) is 33.5.